The summed E-state index contributed by atoms with van der Waals surface area (Å²) in [7, 11) is 0. The number of halogens is 2. The van der Waals surface area contributed by atoms with Crippen LogP contribution in [0.15, 0.2) is 18.2 Å². The molecule has 3 heteroatoms. The molecule has 1 aliphatic rings. The van der Waals surface area contributed by atoms with Gasteiger partial charge in [0.15, 0.2) is 0 Å². The molecule has 1 fully saturated rings. The van der Waals surface area contributed by atoms with Gasteiger partial charge in [-0.15, -0.1) is 11.6 Å². The van der Waals surface area contributed by atoms with Gasteiger partial charge in [-0.1, -0.05) is 25.2 Å². The smallest absolute Gasteiger partial charge is 0.135 e. The van der Waals surface area contributed by atoms with Crippen LogP contribution < -0.4 is 4.74 Å². The van der Waals surface area contributed by atoms with Crippen molar-refractivity contribution in [1.29, 1.82) is 0 Å². The van der Waals surface area contributed by atoms with Gasteiger partial charge in [0.25, 0.3) is 0 Å². The van der Waals surface area contributed by atoms with E-state index in [4.69, 9.17) is 16.3 Å². The van der Waals surface area contributed by atoms with Gasteiger partial charge in [0, 0.05) is 12.3 Å². The largest absolute Gasteiger partial charge is 0.489 e. The maximum absolute atomic E-state index is 13.3. The molecule has 2 atom stereocenters. The summed E-state index contributed by atoms with van der Waals surface area (Å²) in [6, 6.07) is 4.54. The molecule has 0 aliphatic heterocycles. The molecule has 2 rings (SSSR count). The Morgan fingerprint density at radius 2 is 2.25 bits per heavy atom. The van der Waals surface area contributed by atoms with Crippen LogP contribution in [0.5, 0.6) is 5.75 Å². The first-order valence-corrected chi connectivity index (χ1v) is 7.73. The van der Waals surface area contributed by atoms with E-state index in [1.165, 1.54) is 25.0 Å². The fraction of sp³-hybridized carbons (Fsp3) is 0.529. The average molecular weight is 295 g/mol. The van der Waals surface area contributed by atoms with Crippen molar-refractivity contribution in [1.82, 2.24) is 0 Å². The zero-order chi connectivity index (χ0) is 14.4. The zero-order valence-corrected chi connectivity index (χ0v) is 12.5. The first-order chi connectivity index (χ1) is 9.69. The molecule has 0 amide bonds. The molecule has 0 spiro atoms. The lowest BCUT2D eigenvalue weighted by molar-refractivity contribution is 0.129. The van der Waals surface area contributed by atoms with Crippen LogP contribution >= 0.6 is 11.6 Å². The van der Waals surface area contributed by atoms with E-state index in [-0.39, 0.29) is 11.9 Å². The van der Waals surface area contributed by atoms with Crippen LogP contribution in [0, 0.1) is 23.6 Å². The summed E-state index contributed by atoms with van der Waals surface area (Å²) in [5.41, 5.74) is 0.619. The molecule has 0 aromatic heterocycles. The topological polar surface area (TPSA) is 9.23 Å². The van der Waals surface area contributed by atoms with E-state index in [1.54, 1.807) is 6.07 Å². The summed E-state index contributed by atoms with van der Waals surface area (Å²) in [5, 5.41) is 0. The van der Waals surface area contributed by atoms with Crippen LogP contribution in [-0.2, 0) is 0 Å². The van der Waals surface area contributed by atoms with E-state index in [9.17, 15) is 4.39 Å². The highest BCUT2D eigenvalue weighted by Gasteiger charge is 2.21. The van der Waals surface area contributed by atoms with Crippen LogP contribution in [0.2, 0.25) is 0 Å². The number of benzene rings is 1. The third-order valence-electron chi connectivity index (χ3n) is 3.57. The molecule has 1 aliphatic carbocycles. The second-order valence-electron chi connectivity index (χ2n) is 5.39. The average Bonchev–Trinajstić information content (AvgIpc) is 2.42. The van der Waals surface area contributed by atoms with Crippen LogP contribution in [0.4, 0.5) is 4.39 Å². The minimum Gasteiger partial charge on any atom is -0.489 e. The van der Waals surface area contributed by atoms with Gasteiger partial charge < -0.3 is 4.74 Å². The quantitative estimate of drug-likeness (QED) is 0.577. The summed E-state index contributed by atoms with van der Waals surface area (Å²) in [4.78, 5) is 0. The first-order valence-electron chi connectivity index (χ1n) is 7.20. The Morgan fingerprint density at radius 3 is 3.00 bits per heavy atom. The van der Waals surface area contributed by atoms with Crippen LogP contribution in [0.3, 0.4) is 0 Å². The summed E-state index contributed by atoms with van der Waals surface area (Å²) in [6.07, 6.45) is 5.41. The third kappa shape index (κ3) is 4.42. The Hall–Kier alpha value is -1.20. The van der Waals surface area contributed by atoms with E-state index >= 15 is 0 Å². The third-order valence-corrected chi connectivity index (χ3v) is 3.76. The molecule has 1 aromatic carbocycles. The first kappa shape index (κ1) is 15.2. The molecule has 0 radical (unpaired) electrons. The summed E-state index contributed by atoms with van der Waals surface area (Å²) in [5.74, 6) is 7.47. The van der Waals surface area contributed by atoms with E-state index < -0.39 is 0 Å². The number of alkyl halides is 1. The Balaban J connectivity index is 2.12. The van der Waals surface area contributed by atoms with Gasteiger partial charge in [0.2, 0.25) is 0 Å². The van der Waals surface area contributed by atoms with Crippen LogP contribution in [0.1, 0.15) is 44.6 Å². The van der Waals surface area contributed by atoms with Crippen LogP contribution in [0.25, 0.3) is 0 Å². The highest BCUT2D eigenvalue weighted by Crippen LogP contribution is 2.29. The molecular formula is C17H20ClFO. The molecule has 0 heterocycles. The van der Waals surface area contributed by atoms with Crippen molar-refractivity contribution in [3.63, 3.8) is 0 Å². The molecule has 0 bridgehead atoms. The van der Waals surface area contributed by atoms with Crippen molar-refractivity contribution in [2.24, 2.45) is 5.92 Å². The zero-order valence-electron chi connectivity index (χ0n) is 11.8. The number of hydrogen-bond acceptors (Lipinski definition) is 1. The Labute approximate surface area is 125 Å². The van der Waals surface area contributed by atoms with E-state index in [2.05, 4.69) is 18.8 Å². The Bertz CT molecular complexity index is 503. The van der Waals surface area contributed by atoms with Gasteiger partial charge in [-0.25, -0.2) is 4.39 Å². The SMILES string of the molecule is CC1CCCC(Oc2ccc(F)cc2C#CCCCl)C1. The lowest BCUT2D eigenvalue weighted by atomic mass is 9.88. The fourth-order valence-corrected chi connectivity index (χ4v) is 2.67. The highest BCUT2D eigenvalue weighted by molar-refractivity contribution is 6.18. The molecule has 20 heavy (non-hydrogen) atoms. The van der Waals surface area contributed by atoms with Crippen molar-refractivity contribution in [2.75, 3.05) is 5.88 Å². The number of ether oxygens (including phenoxy) is 1. The maximum atomic E-state index is 13.3. The predicted molar refractivity (Wildman–Crippen MR) is 80.7 cm³/mol. The Morgan fingerprint density at radius 1 is 1.40 bits per heavy atom. The second kappa shape index (κ2) is 7.55. The number of rotatable bonds is 3. The predicted octanol–water partition coefficient (Wildman–Crippen LogP) is 4.76. The molecule has 2 unspecified atom stereocenters. The van der Waals surface area contributed by atoms with E-state index in [0.29, 0.717) is 29.5 Å². The lowest BCUT2D eigenvalue weighted by Crippen LogP contribution is -2.24. The van der Waals surface area contributed by atoms with Crippen molar-refractivity contribution in [3.8, 4) is 17.6 Å². The van der Waals surface area contributed by atoms with E-state index in [1.807, 2.05) is 0 Å². The van der Waals surface area contributed by atoms with Crippen molar-refractivity contribution in [2.45, 2.75) is 45.1 Å². The van der Waals surface area contributed by atoms with Gasteiger partial charge in [-0.05, 0) is 43.4 Å². The molecule has 1 nitrogen and oxygen atoms in total. The van der Waals surface area contributed by atoms with Gasteiger partial charge in [-0.3, -0.25) is 0 Å². The van der Waals surface area contributed by atoms with Crippen molar-refractivity contribution >= 4 is 11.6 Å². The van der Waals surface area contributed by atoms with Crippen molar-refractivity contribution in [3.05, 3.63) is 29.6 Å². The minimum atomic E-state index is -0.287. The summed E-state index contributed by atoms with van der Waals surface area (Å²) >= 11 is 5.60. The summed E-state index contributed by atoms with van der Waals surface area (Å²) < 4.78 is 19.4. The fourth-order valence-electron chi connectivity index (χ4n) is 2.57. The number of hydrogen-bond donors (Lipinski definition) is 0. The molecular weight excluding hydrogens is 275 g/mol. The molecule has 0 saturated heterocycles. The van der Waals surface area contributed by atoms with Crippen LogP contribution in [-0.4, -0.2) is 12.0 Å². The Kier molecular flexibility index (Phi) is 5.73. The minimum absolute atomic E-state index is 0.220. The lowest BCUT2D eigenvalue weighted by Gasteiger charge is -2.27. The van der Waals surface area contributed by atoms with Crippen molar-refractivity contribution < 1.29 is 9.13 Å². The summed E-state index contributed by atoms with van der Waals surface area (Å²) in [6.45, 7) is 2.25. The molecule has 0 N–H and O–H groups in total. The second-order valence-corrected chi connectivity index (χ2v) is 5.77. The van der Waals surface area contributed by atoms with Gasteiger partial charge in [-0.2, -0.15) is 0 Å². The highest BCUT2D eigenvalue weighted by atomic mass is 35.5. The molecule has 108 valence electrons. The maximum Gasteiger partial charge on any atom is 0.135 e. The molecule has 1 saturated carbocycles. The monoisotopic (exact) mass is 294 g/mol. The van der Waals surface area contributed by atoms with E-state index in [0.717, 1.165) is 12.8 Å². The standard InChI is InChI=1S/C17H20ClFO/c1-13-5-4-7-16(11-13)20-17-9-8-15(19)12-14(17)6-2-3-10-18/h8-9,12-13,16H,3-5,7,10-11H2,1H3. The van der Waals surface area contributed by atoms with Gasteiger partial charge in [0.05, 0.1) is 11.7 Å². The van der Waals surface area contributed by atoms with Gasteiger partial charge >= 0.3 is 0 Å². The van der Waals surface area contributed by atoms with Gasteiger partial charge in [0.1, 0.15) is 11.6 Å². The normalized spacial score (nSPS) is 21.9. The molecule has 1 aromatic rings.